The summed E-state index contributed by atoms with van der Waals surface area (Å²) >= 11 is 0. The molecular formula is C17H23N3O3. The van der Waals surface area contributed by atoms with Crippen molar-refractivity contribution in [1.82, 2.24) is 15.1 Å². The summed E-state index contributed by atoms with van der Waals surface area (Å²) in [5.74, 6) is -0.125. The van der Waals surface area contributed by atoms with Crippen LogP contribution in [0.5, 0.6) is 0 Å². The lowest BCUT2D eigenvalue weighted by molar-refractivity contribution is -0.121. The van der Waals surface area contributed by atoms with Gasteiger partial charge in [0.2, 0.25) is 11.3 Å². The Morgan fingerprint density at radius 3 is 2.87 bits per heavy atom. The van der Waals surface area contributed by atoms with Gasteiger partial charge in [-0.1, -0.05) is 25.5 Å². The Labute approximate surface area is 135 Å². The fourth-order valence-electron chi connectivity index (χ4n) is 2.23. The number of fused-ring (bicyclic) bond motifs is 1. The van der Waals surface area contributed by atoms with Gasteiger partial charge in [0.1, 0.15) is 6.54 Å². The van der Waals surface area contributed by atoms with Crippen LogP contribution in [0.2, 0.25) is 0 Å². The number of benzene rings is 1. The average molecular weight is 317 g/mol. The summed E-state index contributed by atoms with van der Waals surface area (Å²) in [4.78, 5) is 23.7. The van der Waals surface area contributed by atoms with Crippen LogP contribution < -0.4 is 10.7 Å². The Morgan fingerprint density at radius 2 is 2.04 bits per heavy atom. The van der Waals surface area contributed by atoms with Gasteiger partial charge < -0.3 is 10.1 Å². The van der Waals surface area contributed by atoms with Crippen LogP contribution in [-0.4, -0.2) is 35.4 Å². The van der Waals surface area contributed by atoms with E-state index in [0.717, 1.165) is 25.9 Å². The largest absolute Gasteiger partial charge is 0.381 e. The Morgan fingerprint density at radius 1 is 1.26 bits per heavy atom. The topological polar surface area (TPSA) is 73.2 Å². The number of aromatic nitrogens is 2. The lowest BCUT2D eigenvalue weighted by Crippen LogP contribution is -2.30. The maximum Gasteiger partial charge on any atom is 0.241 e. The molecule has 0 aliphatic heterocycles. The van der Waals surface area contributed by atoms with E-state index in [1.54, 1.807) is 22.9 Å². The summed E-state index contributed by atoms with van der Waals surface area (Å²) in [6.07, 6.45) is 4.22. The van der Waals surface area contributed by atoms with Gasteiger partial charge in [0.15, 0.2) is 0 Å². The molecule has 6 nitrogen and oxygen atoms in total. The van der Waals surface area contributed by atoms with Crippen molar-refractivity contribution in [1.29, 1.82) is 0 Å². The summed E-state index contributed by atoms with van der Waals surface area (Å²) in [5.41, 5.74) is 0.527. The van der Waals surface area contributed by atoms with Crippen LogP contribution in [-0.2, 0) is 16.1 Å². The number of para-hydroxylation sites is 1. The fraction of sp³-hybridized carbons (Fsp3) is 0.471. The van der Waals surface area contributed by atoms with Crippen LogP contribution in [0.1, 0.15) is 26.2 Å². The maximum absolute atomic E-state index is 12.0. The maximum atomic E-state index is 12.0. The molecule has 0 saturated carbocycles. The molecule has 0 saturated heterocycles. The molecule has 2 aromatic rings. The van der Waals surface area contributed by atoms with E-state index in [0.29, 0.717) is 24.1 Å². The third kappa shape index (κ3) is 5.17. The Hall–Kier alpha value is -2.21. The first kappa shape index (κ1) is 17.1. The van der Waals surface area contributed by atoms with Gasteiger partial charge in [-0.15, -0.1) is 0 Å². The highest BCUT2D eigenvalue weighted by Gasteiger charge is 2.07. The van der Waals surface area contributed by atoms with E-state index in [9.17, 15) is 9.59 Å². The van der Waals surface area contributed by atoms with Crippen LogP contribution in [0, 0.1) is 0 Å². The minimum Gasteiger partial charge on any atom is -0.381 e. The molecular weight excluding hydrogens is 294 g/mol. The number of hydrogen-bond donors (Lipinski definition) is 1. The minimum absolute atomic E-state index is 0.0947. The highest BCUT2D eigenvalue weighted by Crippen LogP contribution is 2.07. The quantitative estimate of drug-likeness (QED) is 0.715. The van der Waals surface area contributed by atoms with Crippen molar-refractivity contribution in [2.45, 2.75) is 32.7 Å². The first-order valence-corrected chi connectivity index (χ1v) is 8.01. The number of carbonyl (C=O) groups excluding carboxylic acids is 1. The molecule has 124 valence electrons. The van der Waals surface area contributed by atoms with Gasteiger partial charge in [-0.05, 0) is 25.0 Å². The van der Waals surface area contributed by atoms with Crippen molar-refractivity contribution in [3.63, 3.8) is 0 Å². The van der Waals surface area contributed by atoms with Gasteiger partial charge in [0, 0.05) is 25.1 Å². The second kappa shape index (κ2) is 9.05. The van der Waals surface area contributed by atoms with E-state index in [-0.39, 0.29) is 17.9 Å². The number of ether oxygens (including phenoxy) is 1. The Bertz CT molecular complexity index is 697. The number of unbranched alkanes of at least 4 members (excludes halogenated alkanes) is 1. The number of nitrogens with zero attached hydrogens (tertiary/aromatic N) is 2. The van der Waals surface area contributed by atoms with Crippen molar-refractivity contribution in [2.75, 3.05) is 19.8 Å². The second-order valence-electron chi connectivity index (χ2n) is 5.35. The highest BCUT2D eigenvalue weighted by molar-refractivity contribution is 5.81. The molecule has 0 aliphatic carbocycles. The number of nitrogens with one attached hydrogen (secondary N) is 1. The SMILES string of the molecule is CCCCOCCCNC(=O)Cn1ncc(=O)c2ccccc21. The molecule has 0 unspecified atom stereocenters. The number of hydrogen-bond acceptors (Lipinski definition) is 4. The second-order valence-corrected chi connectivity index (χ2v) is 5.35. The van der Waals surface area contributed by atoms with Crippen LogP contribution in [0.3, 0.4) is 0 Å². The minimum atomic E-state index is -0.138. The van der Waals surface area contributed by atoms with Crippen molar-refractivity contribution in [2.24, 2.45) is 0 Å². The van der Waals surface area contributed by atoms with Gasteiger partial charge >= 0.3 is 0 Å². The summed E-state index contributed by atoms with van der Waals surface area (Å²) < 4.78 is 6.99. The third-order valence-electron chi connectivity index (χ3n) is 3.49. The smallest absolute Gasteiger partial charge is 0.241 e. The highest BCUT2D eigenvalue weighted by atomic mass is 16.5. The monoisotopic (exact) mass is 317 g/mol. The Balaban J connectivity index is 1.82. The van der Waals surface area contributed by atoms with E-state index >= 15 is 0 Å². The predicted molar refractivity (Wildman–Crippen MR) is 89.4 cm³/mol. The molecule has 2 rings (SSSR count). The first-order chi connectivity index (χ1) is 11.2. The van der Waals surface area contributed by atoms with Crippen molar-refractivity contribution >= 4 is 16.8 Å². The molecule has 0 bridgehead atoms. The molecule has 1 aromatic carbocycles. The van der Waals surface area contributed by atoms with Crippen LogP contribution in [0.4, 0.5) is 0 Å². The van der Waals surface area contributed by atoms with Crippen LogP contribution in [0.15, 0.2) is 35.3 Å². The molecule has 0 spiro atoms. The molecule has 0 radical (unpaired) electrons. The van der Waals surface area contributed by atoms with Gasteiger partial charge in [-0.25, -0.2) is 0 Å². The van der Waals surface area contributed by atoms with Crippen LogP contribution >= 0.6 is 0 Å². The first-order valence-electron chi connectivity index (χ1n) is 8.01. The lowest BCUT2D eigenvalue weighted by atomic mass is 10.2. The van der Waals surface area contributed by atoms with Crippen molar-refractivity contribution < 1.29 is 9.53 Å². The van der Waals surface area contributed by atoms with E-state index in [1.807, 2.05) is 6.07 Å². The molecule has 1 N–H and O–H groups in total. The number of amides is 1. The molecule has 0 aliphatic rings. The lowest BCUT2D eigenvalue weighted by Gasteiger charge is -2.10. The fourth-order valence-corrected chi connectivity index (χ4v) is 2.23. The number of rotatable bonds is 9. The number of carbonyl (C=O) groups is 1. The van der Waals surface area contributed by atoms with Gasteiger partial charge in [0.05, 0.1) is 11.7 Å². The van der Waals surface area contributed by atoms with Crippen LogP contribution in [0.25, 0.3) is 10.9 Å². The summed E-state index contributed by atoms with van der Waals surface area (Å²) in [7, 11) is 0. The summed E-state index contributed by atoms with van der Waals surface area (Å²) in [5, 5.41) is 7.46. The zero-order valence-corrected chi connectivity index (χ0v) is 13.5. The molecule has 23 heavy (non-hydrogen) atoms. The third-order valence-corrected chi connectivity index (χ3v) is 3.49. The van der Waals surface area contributed by atoms with E-state index < -0.39 is 0 Å². The molecule has 6 heteroatoms. The van der Waals surface area contributed by atoms with E-state index in [2.05, 4.69) is 17.3 Å². The predicted octanol–water partition coefficient (Wildman–Crippen LogP) is 1.72. The summed E-state index contributed by atoms with van der Waals surface area (Å²) in [6, 6.07) is 7.15. The van der Waals surface area contributed by atoms with Gasteiger partial charge in [-0.3, -0.25) is 14.3 Å². The average Bonchev–Trinajstić information content (AvgIpc) is 2.57. The van der Waals surface area contributed by atoms with E-state index in [1.165, 1.54) is 6.20 Å². The Kier molecular flexibility index (Phi) is 6.75. The zero-order chi connectivity index (χ0) is 16.5. The molecule has 0 fully saturated rings. The summed E-state index contributed by atoms with van der Waals surface area (Å²) in [6.45, 7) is 4.22. The van der Waals surface area contributed by atoms with Crippen molar-refractivity contribution in [3.05, 3.63) is 40.7 Å². The molecule has 1 amide bonds. The molecule has 1 heterocycles. The standard InChI is InChI=1S/C17H23N3O3/c1-2-3-10-23-11-6-9-18-17(22)13-20-15-8-5-4-7-14(15)16(21)12-19-20/h4-5,7-8,12H,2-3,6,9-11,13H2,1H3,(H,18,22). The molecule has 0 atom stereocenters. The van der Waals surface area contributed by atoms with Gasteiger partial charge in [0.25, 0.3) is 0 Å². The van der Waals surface area contributed by atoms with E-state index in [4.69, 9.17) is 4.74 Å². The zero-order valence-electron chi connectivity index (χ0n) is 13.5. The van der Waals surface area contributed by atoms with Gasteiger partial charge in [-0.2, -0.15) is 5.10 Å². The normalized spacial score (nSPS) is 10.8. The molecule has 1 aromatic heterocycles. The van der Waals surface area contributed by atoms with Crippen molar-refractivity contribution in [3.8, 4) is 0 Å².